The number of benzene rings is 1. The Balaban J connectivity index is 2.98. The van der Waals surface area contributed by atoms with E-state index in [1.807, 2.05) is 50.8 Å². The minimum absolute atomic E-state index is 0.0136. The van der Waals surface area contributed by atoms with Gasteiger partial charge in [0.25, 0.3) is 7.41 Å². The first-order chi connectivity index (χ1) is 13.2. The van der Waals surface area contributed by atoms with Gasteiger partial charge in [-0.1, -0.05) is 6.07 Å². The van der Waals surface area contributed by atoms with Crippen molar-refractivity contribution in [3.05, 3.63) is 29.3 Å². The minimum atomic E-state index is -0.569. The van der Waals surface area contributed by atoms with Crippen molar-refractivity contribution in [1.29, 1.82) is 0 Å². The standard InChI is InChI=1S/C20H32BN2O5/c1-15-5-6-18(23(7-9-24)8-10-25)12-16(15)11-17(22-21-14-26)13-19(27)28-20(2,3)4/h5-6,12,14,17,22,24-25H,7-11,13H2,1-4H3/t17-/m0/s1. The van der Waals surface area contributed by atoms with Crippen LogP contribution in [0.25, 0.3) is 0 Å². The zero-order valence-corrected chi connectivity index (χ0v) is 17.3. The van der Waals surface area contributed by atoms with Gasteiger partial charge in [-0.05, 0) is 57.4 Å². The van der Waals surface area contributed by atoms with Crippen molar-refractivity contribution in [2.45, 2.75) is 52.2 Å². The molecule has 1 aromatic rings. The Morgan fingerprint density at radius 3 is 2.46 bits per heavy atom. The van der Waals surface area contributed by atoms with E-state index < -0.39 is 5.60 Å². The monoisotopic (exact) mass is 391 g/mol. The van der Waals surface area contributed by atoms with Gasteiger partial charge in [0.05, 0.1) is 25.8 Å². The summed E-state index contributed by atoms with van der Waals surface area (Å²) in [4.78, 5) is 24.9. The van der Waals surface area contributed by atoms with Crippen LogP contribution in [0.1, 0.15) is 38.3 Å². The summed E-state index contributed by atoms with van der Waals surface area (Å²) >= 11 is 0. The third-order valence-corrected chi connectivity index (χ3v) is 4.14. The van der Waals surface area contributed by atoms with Crippen LogP contribution in [0.15, 0.2) is 18.2 Å². The molecule has 0 saturated carbocycles. The van der Waals surface area contributed by atoms with E-state index in [4.69, 9.17) is 4.74 Å². The number of hydrogen-bond acceptors (Lipinski definition) is 7. The van der Waals surface area contributed by atoms with E-state index in [2.05, 4.69) is 5.23 Å². The van der Waals surface area contributed by atoms with E-state index in [0.29, 0.717) is 25.7 Å². The lowest BCUT2D eigenvalue weighted by molar-refractivity contribution is -0.155. The minimum Gasteiger partial charge on any atom is -0.460 e. The van der Waals surface area contributed by atoms with Gasteiger partial charge in [0.1, 0.15) is 5.60 Å². The molecular formula is C20H32BN2O5. The maximum absolute atomic E-state index is 12.2. The second-order valence-corrected chi connectivity index (χ2v) is 7.71. The molecule has 8 heteroatoms. The van der Waals surface area contributed by atoms with Crippen LogP contribution in [0.3, 0.4) is 0 Å². The highest BCUT2D eigenvalue weighted by Crippen LogP contribution is 2.21. The number of carbonyl (C=O) groups is 2. The van der Waals surface area contributed by atoms with Gasteiger partial charge in [-0.15, -0.1) is 0 Å². The number of nitrogens with one attached hydrogen (secondary N) is 1. The second kappa shape index (κ2) is 11.8. The predicted octanol–water partition coefficient (Wildman–Crippen LogP) is 0.828. The molecule has 0 aliphatic rings. The maximum atomic E-state index is 12.2. The summed E-state index contributed by atoms with van der Waals surface area (Å²) in [7, 11) is 1.29. The van der Waals surface area contributed by atoms with Crippen molar-refractivity contribution in [2.75, 3.05) is 31.2 Å². The molecule has 155 valence electrons. The molecule has 0 aliphatic carbocycles. The molecule has 0 saturated heterocycles. The van der Waals surface area contributed by atoms with Crippen LogP contribution in [0.2, 0.25) is 0 Å². The summed E-state index contributed by atoms with van der Waals surface area (Å²) < 4.78 is 5.40. The van der Waals surface area contributed by atoms with Crippen LogP contribution < -0.4 is 10.1 Å². The zero-order valence-electron chi connectivity index (χ0n) is 17.3. The normalized spacial score (nSPS) is 12.4. The Morgan fingerprint density at radius 1 is 1.29 bits per heavy atom. The molecule has 3 N–H and O–H groups in total. The van der Waals surface area contributed by atoms with Crippen LogP contribution in [-0.4, -0.2) is 67.7 Å². The van der Waals surface area contributed by atoms with Crippen LogP contribution in [-0.2, 0) is 20.7 Å². The highest BCUT2D eigenvalue weighted by atomic mass is 16.6. The average Bonchev–Trinajstić information content (AvgIpc) is 2.59. The van der Waals surface area contributed by atoms with E-state index in [1.54, 1.807) is 0 Å². The molecule has 0 fully saturated rings. The number of carbonyl (C=O) groups excluding carboxylic acids is 2. The van der Waals surface area contributed by atoms with Crippen molar-refractivity contribution in [3.8, 4) is 0 Å². The summed E-state index contributed by atoms with van der Waals surface area (Å²) in [5.74, 6) is -0.333. The number of aliphatic hydroxyl groups excluding tert-OH is 2. The van der Waals surface area contributed by atoms with Gasteiger partial charge in [0.2, 0.25) is 0 Å². The molecular weight excluding hydrogens is 359 g/mol. The van der Waals surface area contributed by atoms with E-state index in [-0.39, 0.29) is 31.6 Å². The summed E-state index contributed by atoms with van der Waals surface area (Å²) in [6.45, 7) is 8.24. The fourth-order valence-corrected chi connectivity index (χ4v) is 2.90. The third-order valence-electron chi connectivity index (χ3n) is 4.14. The maximum Gasteiger partial charge on any atom is 0.307 e. The molecule has 7 nitrogen and oxygen atoms in total. The molecule has 1 rings (SSSR count). The smallest absolute Gasteiger partial charge is 0.307 e. The SMILES string of the molecule is Cc1ccc(N(CCO)CCO)cc1C[C@@H](CC(=O)OC(C)(C)C)N[B]C=O. The highest BCUT2D eigenvalue weighted by Gasteiger charge is 2.21. The lowest BCUT2D eigenvalue weighted by Gasteiger charge is -2.26. The number of esters is 1. The zero-order chi connectivity index (χ0) is 21.2. The van der Waals surface area contributed by atoms with Crippen molar-refractivity contribution in [3.63, 3.8) is 0 Å². The molecule has 0 aliphatic heterocycles. The largest absolute Gasteiger partial charge is 0.460 e. The second-order valence-electron chi connectivity index (χ2n) is 7.71. The van der Waals surface area contributed by atoms with Crippen molar-refractivity contribution in [2.24, 2.45) is 0 Å². The van der Waals surface area contributed by atoms with Gasteiger partial charge in [-0.2, -0.15) is 0 Å². The molecule has 0 amide bonds. The highest BCUT2D eigenvalue weighted by molar-refractivity contribution is 6.64. The Kier molecular flexibility index (Phi) is 10.2. The lowest BCUT2D eigenvalue weighted by Crippen LogP contribution is -2.38. The molecule has 1 radical (unpaired) electrons. The molecule has 0 spiro atoms. The van der Waals surface area contributed by atoms with Crippen molar-refractivity contribution < 1.29 is 24.5 Å². The Labute approximate surface area is 168 Å². The number of rotatable bonds is 12. The Morgan fingerprint density at radius 2 is 1.93 bits per heavy atom. The van der Waals surface area contributed by atoms with Crippen LogP contribution in [0, 0.1) is 6.92 Å². The van der Waals surface area contributed by atoms with Crippen molar-refractivity contribution in [1.82, 2.24) is 5.23 Å². The van der Waals surface area contributed by atoms with Crippen LogP contribution in [0.5, 0.6) is 0 Å². The van der Waals surface area contributed by atoms with Crippen LogP contribution >= 0.6 is 0 Å². The van der Waals surface area contributed by atoms with Gasteiger partial charge in [0.15, 0.2) is 0 Å². The number of ether oxygens (including phenoxy) is 1. The Hall–Kier alpha value is -1.90. The average molecular weight is 391 g/mol. The molecule has 28 heavy (non-hydrogen) atoms. The van der Waals surface area contributed by atoms with Gasteiger partial charge < -0.3 is 29.9 Å². The lowest BCUT2D eigenvalue weighted by atomic mass is 9.91. The molecule has 0 unspecified atom stereocenters. The first-order valence-corrected chi connectivity index (χ1v) is 9.51. The number of nitrogens with zero attached hydrogens (tertiary/aromatic N) is 1. The van der Waals surface area contributed by atoms with E-state index in [9.17, 15) is 19.8 Å². The predicted molar refractivity (Wildman–Crippen MR) is 111 cm³/mol. The molecule has 1 aromatic carbocycles. The van der Waals surface area contributed by atoms with Crippen LogP contribution in [0.4, 0.5) is 5.69 Å². The molecule has 0 heterocycles. The van der Waals surface area contributed by atoms with Gasteiger partial charge in [0, 0.05) is 24.8 Å². The van der Waals surface area contributed by atoms with Gasteiger partial charge in [-0.25, -0.2) is 0 Å². The third kappa shape index (κ3) is 8.86. The summed E-state index contributed by atoms with van der Waals surface area (Å²) in [5.41, 5.74) is 2.39. The number of aliphatic hydroxyl groups is 2. The quantitative estimate of drug-likeness (QED) is 0.276. The van der Waals surface area contributed by atoms with Gasteiger partial charge in [-0.3, -0.25) is 4.79 Å². The molecule has 0 bridgehead atoms. The number of aryl methyl sites for hydroxylation is 1. The van der Waals surface area contributed by atoms with Crippen molar-refractivity contribution >= 4 is 25.3 Å². The summed E-state index contributed by atoms with van der Waals surface area (Å²) in [5, 5.41) is 21.5. The van der Waals surface area contributed by atoms with E-state index in [1.165, 1.54) is 7.41 Å². The number of anilines is 1. The Bertz CT molecular complexity index is 628. The fourth-order valence-electron chi connectivity index (χ4n) is 2.90. The fraction of sp³-hybridized carbons (Fsp3) is 0.600. The summed E-state index contributed by atoms with van der Waals surface area (Å²) in [6, 6.07) is 5.61. The number of hydrogen-bond donors (Lipinski definition) is 3. The topological polar surface area (TPSA) is 99.1 Å². The van der Waals surface area contributed by atoms with E-state index >= 15 is 0 Å². The first-order valence-electron chi connectivity index (χ1n) is 9.51. The first kappa shape index (κ1) is 24.1. The van der Waals surface area contributed by atoms with E-state index in [0.717, 1.165) is 16.8 Å². The molecule has 1 atom stereocenters. The van der Waals surface area contributed by atoms with Gasteiger partial charge >= 0.3 is 5.97 Å². The summed E-state index contributed by atoms with van der Waals surface area (Å²) in [6.07, 6.45) is 1.30. The molecule has 0 aromatic heterocycles.